The Morgan fingerprint density at radius 3 is 2.51 bits per heavy atom. The molecule has 0 saturated carbocycles. The molecule has 4 aromatic rings. The Hall–Kier alpha value is -4.15. The van der Waals surface area contributed by atoms with Crippen LogP contribution in [0.25, 0.3) is 16.9 Å². The van der Waals surface area contributed by atoms with E-state index in [4.69, 9.17) is 9.84 Å². The number of hydrogen-bond acceptors (Lipinski definition) is 5. The second-order valence-corrected chi connectivity index (χ2v) is 9.28. The molecule has 11 heteroatoms. The number of piperidine rings is 1. The van der Waals surface area contributed by atoms with Gasteiger partial charge in [0, 0.05) is 24.2 Å². The number of amides is 1. The highest BCUT2D eigenvalue weighted by molar-refractivity contribution is 5.99. The van der Waals surface area contributed by atoms with Crippen molar-refractivity contribution < 1.29 is 22.7 Å². The predicted octanol–water partition coefficient (Wildman–Crippen LogP) is 4.39. The second kappa shape index (κ2) is 8.75. The SMILES string of the molecule is COc1cccc(C(=O)N2[C@@H]3CCC[C@H]2c2nn(C)c(-c4cc(F)c(F)c(F)c4)c2C3)c1-n1nccn1. The quantitative estimate of drug-likeness (QED) is 0.382. The van der Waals surface area contributed by atoms with E-state index in [0.717, 1.165) is 30.5 Å². The van der Waals surface area contributed by atoms with Crippen molar-refractivity contribution >= 4 is 5.91 Å². The minimum atomic E-state index is -1.51. The van der Waals surface area contributed by atoms with Crippen molar-refractivity contribution in [3.05, 3.63) is 77.0 Å². The molecule has 0 unspecified atom stereocenters. The van der Waals surface area contributed by atoms with E-state index in [-0.39, 0.29) is 23.6 Å². The summed E-state index contributed by atoms with van der Waals surface area (Å²) < 4.78 is 48.9. The highest BCUT2D eigenvalue weighted by Crippen LogP contribution is 2.45. The van der Waals surface area contributed by atoms with Gasteiger partial charge in [0.05, 0.1) is 42.5 Å². The van der Waals surface area contributed by atoms with Crippen LogP contribution in [-0.4, -0.2) is 48.7 Å². The van der Waals surface area contributed by atoms with Gasteiger partial charge in [0.1, 0.15) is 11.4 Å². The van der Waals surface area contributed by atoms with Gasteiger partial charge in [-0.25, -0.2) is 13.2 Å². The van der Waals surface area contributed by atoms with E-state index in [1.807, 2.05) is 4.90 Å². The van der Waals surface area contributed by atoms with Crippen LogP contribution in [0, 0.1) is 17.5 Å². The van der Waals surface area contributed by atoms with Gasteiger partial charge in [-0.2, -0.15) is 15.3 Å². The number of aromatic nitrogens is 5. The molecule has 2 aliphatic rings. The number of rotatable bonds is 4. The fourth-order valence-corrected chi connectivity index (χ4v) is 5.74. The van der Waals surface area contributed by atoms with Crippen LogP contribution in [0.2, 0.25) is 0 Å². The summed E-state index contributed by atoms with van der Waals surface area (Å²) in [6.45, 7) is 0. The maximum Gasteiger partial charge on any atom is 0.257 e. The molecular weight excluding hydrogens is 485 g/mol. The number of carbonyl (C=O) groups excluding carboxylic acids is 1. The molecule has 4 heterocycles. The van der Waals surface area contributed by atoms with Crippen LogP contribution in [0.15, 0.2) is 42.7 Å². The average molecular weight is 509 g/mol. The molecule has 2 aromatic heterocycles. The fraction of sp³-hybridized carbons (Fsp3) is 0.308. The van der Waals surface area contributed by atoms with Gasteiger partial charge >= 0.3 is 0 Å². The number of hydrogen-bond donors (Lipinski definition) is 0. The van der Waals surface area contributed by atoms with Crippen molar-refractivity contribution in [2.45, 2.75) is 37.8 Å². The van der Waals surface area contributed by atoms with Crippen molar-refractivity contribution in [2.75, 3.05) is 7.11 Å². The van der Waals surface area contributed by atoms with E-state index in [1.54, 1.807) is 29.9 Å². The summed E-state index contributed by atoms with van der Waals surface area (Å²) >= 11 is 0. The molecular formula is C26H23F3N6O2. The minimum Gasteiger partial charge on any atom is -0.494 e. The number of nitrogens with zero attached hydrogens (tertiary/aromatic N) is 6. The summed E-state index contributed by atoms with van der Waals surface area (Å²) in [6.07, 6.45) is 5.88. The zero-order chi connectivity index (χ0) is 25.8. The molecule has 2 bridgehead atoms. The lowest BCUT2D eigenvalue weighted by atomic mass is 9.81. The first-order valence-electron chi connectivity index (χ1n) is 12.0. The van der Waals surface area contributed by atoms with Crippen LogP contribution in [0.1, 0.15) is 46.9 Å². The molecule has 0 radical (unpaired) electrons. The fourth-order valence-electron chi connectivity index (χ4n) is 5.74. The van der Waals surface area contributed by atoms with Crippen molar-refractivity contribution in [1.29, 1.82) is 0 Å². The molecule has 2 atom stereocenters. The number of benzene rings is 2. The van der Waals surface area contributed by atoms with Gasteiger partial charge in [-0.15, -0.1) is 4.80 Å². The topological polar surface area (TPSA) is 78.1 Å². The Bertz CT molecular complexity index is 1490. The van der Waals surface area contributed by atoms with Gasteiger partial charge in [-0.05, 0) is 49.9 Å². The van der Waals surface area contributed by atoms with Crippen LogP contribution in [-0.2, 0) is 13.5 Å². The molecule has 6 rings (SSSR count). The van der Waals surface area contributed by atoms with Gasteiger partial charge in [0.25, 0.3) is 5.91 Å². The van der Waals surface area contributed by atoms with Gasteiger partial charge in [-0.1, -0.05) is 6.07 Å². The zero-order valence-corrected chi connectivity index (χ0v) is 20.2. The smallest absolute Gasteiger partial charge is 0.257 e. The monoisotopic (exact) mass is 508 g/mol. The Balaban J connectivity index is 1.45. The highest BCUT2D eigenvalue weighted by Gasteiger charge is 2.44. The predicted molar refractivity (Wildman–Crippen MR) is 127 cm³/mol. The Morgan fingerprint density at radius 2 is 1.81 bits per heavy atom. The lowest BCUT2D eigenvalue weighted by Gasteiger charge is -2.45. The number of methoxy groups -OCH3 is 1. The lowest BCUT2D eigenvalue weighted by molar-refractivity contribution is 0.0391. The summed E-state index contributed by atoms with van der Waals surface area (Å²) in [4.78, 5) is 17.3. The van der Waals surface area contributed by atoms with Crippen LogP contribution in [0.5, 0.6) is 5.75 Å². The largest absolute Gasteiger partial charge is 0.494 e. The first-order chi connectivity index (χ1) is 17.9. The normalized spacial score (nSPS) is 18.6. The summed E-state index contributed by atoms with van der Waals surface area (Å²) in [5.41, 5.74) is 3.10. The third-order valence-corrected chi connectivity index (χ3v) is 7.24. The van der Waals surface area contributed by atoms with Crippen molar-refractivity contribution in [3.63, 3.8) is 0 Å². The first-order valence-corrected chi connectivity index (χ1v) is 12.0. The first kappa shape index (κ1) is 23.3. The standard InChI is InChI=1S/C26H23F3N6O2/c1-33-24(14-11-18(27)22(29)19(28)12-14)17-13-15-5-3-7-20(23(17)32-33)34(15)26(36)16-6-4-8-21(37-2)25(16)35-30-9-10-31-35/h4,6,8-12,15,20H,3,5,7,13H2,1-2H3/t15-,20+/m1/s1. The molecule has 0 aliphatic carbocycles. The number of para-hydroxylation sites is 1. The molecule has 37 heavy (non-hydrogen) atoms. The highest BCUT2D eigenvalue weighted by atomic mass is 19.2. The third kappa shape index (κ3) is 3.59. The Morgan fingerprint density at radius 1 is 1.08 bits per heavy atom. The lowest BCUT2D eigenvalue weighted by Crippen LogP contribution is -2.50. The Kier molecular flexibility index (Phi) is 5.50. The number of ether oxygens (including phenoxy) is 1. The van der Waals surface area contributed by atoms with E-state index in [9.17, 15) is 18.0 Å². The molecule has 1 amide bonds. The molecule has 190 valence electrons. The van der Waals surface area contributed by atoms with Gasteiger partial charge < -0.3 is 9.64 Å². The van der Waals surface area contributed by atoms with E-state index < -0.39 is 17.5 Å². The number of aryl methyl sites for hydroxylation is 1. The van der Waals surface area contributed by atoms with E-state index >= 15 is 0 Å². The zero-order valence-electron chi connectivity index (χ0n) is 20.2. The Labute approximate surface area is 210 Å². The van der Waals surface area contributed by atoms with E-state index in [1.165, 1.54) is 24.3 Å². The van der Waals surface area contributed by atoms with Gasteiger partial charge in [-0.3, -0.25) is 9.48 Å². The van der Waals surface area contributed by atoms with Gasteiger partial charge in [0.15, 0.2) is 17.5 Å². The summed E-state index contributed by atoms with van der Waals surface area (Å²) in [5, 5.41) is 13.1. The van der Waals surface area contributed by atoms with Crippen LogP contribution in [0.3, 0.4) is 0 Å². The molecule has 1 fully saturated rings. The van der Waals surface area contributed by atoms with Crippen LogP contribution < -0.4 is 4.74 Å². The molecule has 8 nitrogen and oxygen atoms in total. The molecule has 0 N–H and O–H groups in total. The molecule has 2 aliphatic heterocycles. The summed E-state index contributed by atoms with van der Waals surface area (Å²) in [5.74, 6) is -3.75. The van der Waals surface area contributed by atoms with E-state index in [0.29, 0.717) is 41.2 Å². The van der Waals surface area contributed by atoms with Crippen molar-refractivity contribution in [2.24, 2.45) is 7.05 Å². The number of halogens is 3. The van der Waals surface area contributed by atoms with Crippen LogP contribution in [0.4, 0.5) is 13.2 Å². The van der Waals surface area contributed by atoms with E-state index in [2.05, 4.69) is 10.2 Å². The summed E-state index contributed by atoms with van der Waals surface area (Å²) in [7, 11) is 3.21. The molecule has 0 spiro atoms. The summed E-state index contributed by atoms with van der Waals surface area (Å²) in [6, 6.07) is 6.72. The average Bonchev–Trinajstić information content (AvgIpc) is 3.53. The third-order valence-electron chi connectivity index (χ3n) is 7.24. The van der Waals surface area contributed by atoms with Crippen molar-refractivity contribution in [1.82, 2.24) is 29.7 Å². The number of fused-ring (bicyclic) bond motifs is 4. The molecule has 2 aromatic carbocycles. The van der Waals surface area contributed by atoms with Crippen LogP contribution >= 0.6 is 0 Å². The molecule has 1 saturated heterocycles. The minimum absolute atomic E-state index is 0.151. The van der Waals surface area contributed by atoms with Gasteiger partial charge in [0.2, 0.25) is 0 Å². The maximum absolute atomic E-state index is 14.1. The second-order valence-electron chi connectivity index (χ2n) is 9.28. The van der Waals surface area contributed by atoms with Crippen molar-refractivity contribution in [3.8, 4) is 22.7 Å². The maximum atomic E-state index is 14.1. The number of carbonyl (C=O) groups is 1.